The third-order valence-electron chi connectivity index (χ3n) is 11.7. The number of unbranched alkanes of at least 4 members (excludes halogenated alkanes) is 10. The Bertz CT molecular complexity index is 1920. The molecule has 9 nitrogen and oxygen atoms in total. The molecule has 0 heterocycles. The Kier molecular flexibility index (Phi) is 53.7. The molecule has 0 aliphatic rings. The minimum atomic E-state index is -4.41. The molecule has 0 bridgehead atoms. The third-order valence-corrected chi connectivity index (χ3v) is 12.7. The second-order valence-corrected chi connectivity index (χ2v) is 21.7. The van der Waals surface area contributed by atoms with Gasteiger partial charge in [-0.25, -0.2) is 4.57 Å². The van der Waals surface area contributed by atoms with Gasteiger partial charge in [-0.2, -0.15) is 0 Å². The monoisotopic (exact) mass is 1100 g/mol. The van der Waals surface area contributed by atoms with Crippen molar-refractivity contribution in [3.63, 3.8) is 0 Å². The van der Waals surface area contributed by atoms with E-state index in [4.69, 9.17) is 18.5 Å². The zero-order valence-corrected chi connectivity index (χ0v) is 50.5. The highest BCUT2D eigenvalue weighted by molar-refractivity contribution is 7.47. The second kappa shape index (κ2) is 57.1. The van der Waals surface area contributed by atoms with Gasteiger partial charge >= 0.3 is 19.8 Å². The number of hydrogen-bond acceptors (Lipinski definition) is 7. The quantitative estimate of drug-likeness (QED) is 0.0211. The summed E-state index contributed by atoms with van der Waals surface area (Å²) in [6, 6.07) is 0. The van der Waals surface area contributed by atoms with Crippen molar-refractivity contribution >= 4 is 19.8 Å². The molecule has 0 amide bonds. The number of carbonyl (C=O) groups excluding carboxylic acids is 2. The van der Waals surface area contributed by atoms with Gasteiger partial charge in [-0.1, -0.05) is 223 Å². The van der Waals surface area contributed by atoms with Crippen molar-refractivity contribution in [2.45, 2.75) is 200 Å². The lowest BCUT2D eigenvalue weighted by atomic mass is 10.1. The molecular formula is C68H109NO8P+. The van der Waals surface area contributed by atoms with Crippen LogP contribution < -0.4 is 0 Å². The zero-order valence-electron chi connectivity index (χ0n) is 49.6. The van der Waals surface area contributed by atoms with Crippen molar-refractivity contribution in [2.75, 3.05) is 47.5 Å². The van der Waals surface area contributed by atoms with Crippen molar-refractivity contribution in [2.24, 2.45) is 0 Å². The van der Waals surface area contributed by atoms with Crippen LogP contribution in [0.1, 0.15) is 194 Å². The molecule has 438 valence electrons. The molecule has 0 spiro atoms. The lowest BCUT2D eigenvalue weighted by molar-refractivity contribution is -0.870. The summed E-state index contributed by atoms with van der Waals surface area (Å²) in [5.41, 5.74) is 0. The van der Waals surface area contributed by atoms with Gasteiger partial charge in [0.25, 0.3) is 0 Å². The Morgan fingerprint density at radius 1 is 0.397 bits per heavy atom. The Labute approximate surface area is 477 Å². The molecule has 0 aromatic carbocycles. The third kappa shape index (κ3) is 60.6. The first-order chi connectivity index (χ1) is 38.0. The van der Waals surface area contributed by atoms with E-state index in [1.807, 2.05) is 21.1 Å². The summed E-state index contributed by atoms with van der Waals surface area (Å²) in [5, 5.41) is 0. The largest absolute Gasteiger partial charge is 0.472 e. The van der Waals surface area contributed by atoms with E-state index in [9.17, 15) is 19.0 Å². The summed E-state index contributed by atoms with van der Waals surface area (Å²) < 4.78 is 34.5. The maximum absolute atomic E-state index is 12.8. The number of rotatable bonds is 52. The second-order valence-electron chi connectivity index (χ2n) is 20.3. The maximum Gasteiger partial charge on any atom is 0.472 e. The van der Waals surface area contributed by atoms with Crippen LogP contribution in [0.5, 0.6) is 0 Å². The summed E-state index contributed by atoms with van der Waals surface area (Å²) in [6.45, 7) is 4.12. The van der Waals surface area contributed by atoms with Gasteiger partial charge in [-0.3, -0.25) is 18.6 Å². The van der Waals surface area contributed by atoms with E-state index in [2.05, 4.69) is 184 Å². The Morgan fingerprint density at radius 2 is 0.692 bits per heavy atom. The summed E-state index contributed by atoms with van der Waals surface area (Å²) >= 11 is 0. The highest BCUT2D eigenvalue weighted by Gasteiger charge is 2.27. The normalized spacial score (nSPS) is 14.5. The fourth-order valence-corrected chi connectivity index (χ4v) is 7.95. The lowest BCUT2D eigenvalue weighted by Gasteiger charge is -2.24. The van der Waals surface area contributed by atoms with E-state index in [0.29, 0.717) is 23.9 Å². The average Bonchev–Trinajstić information content (AvgIpc) is 3.41. The molecule has 0 saturated carbocycles. The number of hydrogen-bond donors (Lipinski definition) is 1. The number of phosphoric acid groups is 1. The zero-order chi connectivity index (χ0) is 57.0. The Morgan fingerprint density at radius 3 is 1.04 bits per heavy atom. The van der Waals surface area contributed by atoms with E-state index in [1.54, 1.807) is 0 Å². The number of ether oxygens (including phenoxy) is 2. The van der Waals surface area contributed by atoms with Crippen LogP contribution in [0, 0.1) is 0 Å². The van der Waals surface area contributed by atoms with Crippen molar-refractivity contribution in [1.29, 1.82) is 0 Å². The van der Waals surface area contributed by atoms with E-state index in [-0.39, 0.29) is 26.1 Å². The predicted octanol–water partition coefficient (Wildman–Crippen LogP) is 19.0. The number of quaternary nitrogens is 1. The van der Waals surface area contributed by atoms with Gasteiger partial charge in [0, 0.05) is 12.8 Å². The minimum Gasteiger partial charge on any atom is -0.462 e. The molecule has 2 unspecified atom stereocenters. The smallest absolute Gasteiger partial charge is 0.462 e. The van der Waals surface area contributed by atoms with Gasteiger partial charge in [-0.15, -0.1) is 0 Å². The molecule has 2 atom stereocenters. The average molecular weight is 1100 g/mol. The number of likely N-dealkylation sites (N-methyl/N-ethyl adjacent to an activating group) is 1. The molecule has 0 aliphatic carbocycles. The first kappa shape index (κ1) is 73.4. The molecule has 0 saturated heterocycles. The highest BCUT2D eigenvalue weighted by Crippen LogP contribution is 2.43. The minimum absolute atomic E-state index is 0.0127. The van der Waals surface area contributed by atoms with Crippen molar-refractivity contribution in [3.05, 3.63) is 170 Å². The van der Waals surface area contributed by atoms with Crippen LogP contribution in [0.3, 0.4) is 0 Å². The van der Waals surface area contributed by atoms with E-state index < -0.39 is 32.5 Å². The molecule has 0 fully saturated rings. The summed E-state index contributed by atoms with van der Waals surface area (Å²) in [4.78, 5) is 35.7. The van der Waals surface area contributed by atoms with Gasteiger partial charge in [0.05, 0.1) is 27.7 Å². The first-order valence-corrected chi connectivity index (χ1v) is 31.4. The van der Waals surface area contributed by atoms with E-state index in [1.165, 1.54) is 12.8 Å². The molecule has 78 heavy (non-hydrogen) atoms. The highest BCUT2D eigenvalue weighted by atomic mass is 31.2. The first-order valence-electron chi connectivity index (χ1n) is 29.9. The molecule has 0 aliphatic heterocycles. The van der Waals surface area contributed by atoms with E-state index >= 15 is 0 Å². The maximum atomic E-state index is 12.8. The van der Waals surface area contributed by atoms with Gasteiger partial charge in [0.2, 0.25) is 0 Å². The fraction of sp³-hybridized carbons (Fsp3) is 0.559. The lowest BCUT2D eigenvalue weighted by Crippen LogP contribution is -2.37. The van der Waals surface area contributed by atoms with Gasteiger partial charge < -0.3 is 18.9 Å². The molecule has 0 radical (unpaired) electrons. The SMILES string of the molecule is CC/C=C\C/C=C\C/C=C\C/C=C\C/C=C\C/C=C\C/C=C\CCCCCCCCCC(=O)OC(COC(=O)CCCCC/C=C\C/C=C\C/C=C\C/C=C\C/C=C\C/C=C\C/C=C\CC)COP(=O)(O)OCC[N+](C)(C)C. The van der Waals surface area contributed by atoms with Crippen LogP contribution in [-0.4, -0.2) is 74.9 Å². The molecule has 0 rings (SSSR count). The number of phosphoric ester groups is 1. The topological polar surface area (TPSA) is 108 Å². The number of esters is 2. The van der Waals surface area contributed by atoms with Gasteiger partial charge in [0.15, 0.2) is 6.10 Å². The van der Waals surface area contributed by atoms with Crippen LogP contribution in [0.4, 0.5) is 0 Å². The summed E-state index contributed by atoms with van der Waals surface area (Å²) in [7, 11) is 1.42. The Hall–Kier alpha value is -4.63. The number of carbonyl (C=O) groups is 2. The molecular weight excluding hydrogens is 990 g/mol. The van der Waals surface area contributed by atoms with Crippen LogP contribution >= 0.6 is 7.82 Å². The number of nitrogens with zero attached hydrogens (tertiary/aromatic N) is 1. The van der Waals surface area contributed by atoms with Crippen molar-refractivity contribution in [1.82, 2.24) is 0 Å². The molecule has 0 aromatic rings. The van der Waals surface area contributed by atoms with Crippen LogP contribution in [0.15, 0.2) is 170 Å². The fourth-order valence-electron chi connectivity index (χ4n) is 7.21. The standard InChI is InChI=1S/C68H108NO8P/c1-6-8-10-12-14-16-18-20-22-24-26-28-30-32-33-34-35-37-39-41-43-45-47-49-51-53-55-57-59-61-68(71)77-66(65-76-78(72,73)75-63-62-69(3,4)5)64-74-67(70)60-58-56-54-52-50-48-46-44-42-40-38-36-31-29-27-25-23-21-19-17-15-13-11-9-7-2/h8-11,14-17,20-23,26-29,32-33,35-38,41-44,48,50,66H,6-7,12-13,18-19,24-25,30-31,34,39-40,45-47,49,51-65H2,1-5H3/p+1/b10-8-,11-9-,16-14-,17-15-,22-20-,23-21-,28-26-,29-27-,33-32-,37-35-,38-36-,43-41-,44-42-,50-48-. The van der Waals surface area contributed by atoms with Crippen molar-refractivity contribution < 1.29 is 42.1 Å². The number of allylic oxidation sites excluding steroid dienone is 28. The summed E-state index contributed by atoms with van der Waals surface area (Å²) in [5.74, 6) is -0.865. The molecule has 1 N–H and O–H groups in total. The summed E-state index contributed by atoms with van der Waals surface area (Å²) in [6.07, 6.45) is 87.0. The van der Waals surface area contributed by atoms with Crippen LogP contribution in [0.2, 0.25) is 0 Å². The van der Waals surface area contributed by atoms with Gasteiger partial charge in [0.1, 0.15) is 19.8 Å². The van der Waals surface area contributed by atoms with Crippen LogP contribution in [0.25, 0.3) is 0 Å². The van der Waals surface area contributed by atoms with E-state index in [0.717, 1.165) is 141 Å². The molecule has 0 aromatic heterocycles. The molecule has 10 heteroatoms. The Balaban J connectivity index is 4.32. The van der Waals surface area contributed by atoms with Crippen molar-refractivity contribution in [3.8, 4) is 0 Å². The van der Waals surface area contributed by atoms with Crippen LogP contribution in [-0.2, 0) is 32.7 Å². The predicted molar refractivity (Wildman–Crippen MR) is 334 cm³/mol. The van der Waals surface area contributed by atoms with Gasteiger partial charge in [-0.05, 0) is 128 Å².